The Morgan fingerprint density at radius 2 is 1.89 bits per heavy atom. The van der Waals surface area contributed by atoms with E-state index in [4.69, 9.17) is 4.74 Å². The van der Waals surface area contributed by atoms with Crippen molar-refractivity contribution in [2.24, 2.45) is 0 Å². The minimum atomic E-state index is 0.870. The number of rotatable bonds is 2. The Kier molecular flexibility index (Phi) is 2.92. The van der Waals surface area contributed by atoms with E-state index in [1.807, 2.05) is 18.3 Å². The molecular weight excluding hydrogens is 234 g/mol. The van der Waals surface area contributed by atoms with Crippen LogP contribution >= 0.6 is 0 Å². The first kappa shape index (κ1) is 11.7. The maximum Gasteiger partial charge on any atom is 0.119 e. The number of nitrogens with zero attached hydrogens (tertiary/aromatic N) is 1. The molecule has 0 saturated heterocycles. The minimum absolute atomic E-state index is 0.870. The van der Waals surface area contributed by atoms with Crippen LogP contribution in [0.1, 0.15) is 5.56 Å². The highest BCUT2D eigenvalue weighted by Gasteiger charge is 2.05. The molecule has 0 radical (unpaired) electrons. The van der Waals surface area contributed by atoms with Crippen LogP contribution in [0.15, 0.2) is 54.7 Å². The second-order valence-corrected chi connectivity index (χ2v) is 4.61. The zero-order valence-corrected chi connectivity index (χ0v) is 11.1. The smallest absolute Gasteiger partial charge is 0.119 e. The maximum atomic E-state index is 5.30. The highest BCUT2D eigenvalue weighted by molar-refractivity contribution is 5.94. The predicted molar refractivity (Wildman–Crippen MR) is 78.5 cm³/mol. The molecule has 19 heavy (non-hydrogen) atoms. The Labute approximate surface area is 112 Å². The SMILES string of the molecule is COc1cccc(-c2ccnc3ccc(C)cc23)c1. The number of aryl methyl sites for hydroxylation is 1. The number of ether oxygens (including phenoxy) is 1. The van der Waals surface area contributed by atoms with E-state index in [0.717, 1.165) is 16.8 Å². The Bertz CT molecular complexity index is 734. The van der Waals surface area contributed by atoms with E-state index in [2.05, 4.69) is 48.3 Å². The second kappa shape index (κ2) is 4.73. The molecule has 1 aromatic heterocycles. The largest absolute Gasteiger partial charge is 0.497 e. The molecule has 0 spiro atoms. The fourth-order valence-corrected chi connectivity index (χ4v) is 2.30. The fraction of sp³-hybridized carbons (Fsp3) is 0.118. The summed E-state index contributed by atoms with van der Waals surface area (Å²) >= 11 is 0. The quantitative estimate of drug-likeness (QED) is 0.678. The Balaban J connectivity index is 2.26. The van der Waals surface area contributed by atoms with E-state index in [9.17, 15) is 0 Å². The first-order valence-electron chi connectivity index (χ1n) is 6.28. The van der Waals surface area contributed by atoms with Crippen LogP contribution in [0.4, 0.5) is 0 Å². The van der Waals surface area contributed by atoms with E-state index in [1.165, 1.54) is 16.5 Å². The third-order valence-electron chi connectivity index (χ3n) is 3.28. The average molecular weight is 249 g/mol. The summed E-state index contributed by atoms with van der Waals surface area (Å²) in [6, 6.07) is 16.5. The van der Waals surface area contributed by atoms with Gasteiger partial charge < -0.3 is 4.74 Å². The first-order valence-corrected chi connectivity index (χ1v) is 6.28. The molecule has 3 rings (SSSR count). The molecule has 2 nitrogen and oxygen atoms in total. The Morgan fingerprint density at radius 1 is 1.00 bits per heavy atom. The Morgan fingerprint density at radius 3 is 2.74 bits per heavy atom. The fourth-order valence-electron chi connectivity index (χ4n) is 2.30. The van der Waals surface area contributed by atoms with E-state index in [-0.39, 0.29) is 0 Å². The Hall–Kier alpha value is -2.35. The normalized spacial score (nSPS) is 10.6. The molecule has 3 aromatic rings. The predicted octanol–water partition coefficient (Wildman–Crippen LogP) is 4.22. The lowest BCUT2D eigenvalue weighted by molar-refractivity contribution is 0.415. The van der Waals surface area contributed by atoms with Crippen molar-refractivity contribution in [3.8, 4) is 16.9 Å². The average Bonchev–Trinajstić information content (AvgIpc) is 2.46. The van der Waals surface area contributed by atoms with E-state index in [1.54, 1.807) is 7.11 Å². The zero-order chi connectivity index (χ0) is 13.2. The van der Waals surface area contributed by atoms with Crippen molar-refractivity contribution in [3.63, 3.8) is 0 Å². The van der Waals surface area contributed by atoms with Crippen LogP contribution in [0.5, 0.6) is 5.75 Å². The summed E-state index contributed by atoms with van der Waals surface area (Å²) in [5.41, 5.74) is 4.60. The molecule has 0 fully saturated rings. The number of hydrogen-bond donors (Lipinski definition) is 0. The lowest BCUT2D eigenvalue weighted by Crippen LogP contribution is -1.87. The van der Waals surface area contributed by atoms with Crippen molar-refractivity contribution < 1.29 is 4.74 Å². The van der Waals surface area contributed by atoms with E-state index in [0.29, 0.717) is 0 Å². The highest BCUT2D eigenvalue weighted by atomic mass is 16.5. The molecule has 0 bridgehead atoms. The molecule has 94 valence electrons. The third-order valence-corrected chi connectivity index (χ3v) is 3.28. The van der Waals surface area contributed by atoms with E-state index < -0.39 is 0 Å². The summed E-state index contributed by atoms with van der Waals surface area (Å²) in [5.74, 6) is 0.870. The van der Waals surface area contributed by atoms with Gasteiger partial charge in [0.25, 0.3) is 0 Å². The van der Waals surface area contributed by atoms with Gasteiger partial charge in [0.2, 0.25) is 0 Å². The van der Waals surface area contributed by atoms with Gasteiger partial charge in [-0.1, -0.05) is 23.8 Å². The molecule has 0 aliphatic heterocycles. The zero-order valence-electron chi connectivity index (χ0n) is 11.1. The van der Waals surface area contributed by atoms with Crippen LogP contribution in [0, 0.1) is 6.92 Å². The van der Waals surface area contributed by atoms with Crippen LogP contribution in [0.25, 0.3) is 22.0 Å². The van der Waals surface area contributed by atoms with Crippen molar-refractivity contribution in [2.45, 2.75) is 6.92 Å². The monoisotopic (exact) mass is 249 g/mol. The van der Waals surface area contributed by atoms with Crippen LogP contribution in [-0.4, -0.2) is 12.1 Å². The van der Waals surface area contributed by atoms with E-state index >= 15 is 0 Å². The van der Waals surface area contributed by atoms with Gasteiger partial charge >= 0.3 is 0 Å². The molecule has 0 saturated carbocycles. The second-order valence-electron chi connectivity index (χ2n) is 4.61. The number of benzene rings is 2. The van der Waals surface area contributed by atoms with Gasteiger partial charge in [-0.15, -0.1) is 0 Å². The van der Waals surface area contributed by atoms with Gasteiger partial charge in [0.15, 0.2) is 0 Å². The number of aromatic nitrogens is 1. The molecule has 0 atom stereocenters. The highest BCUT2D eigenvalue weighted by Crippen LogP contribution is 2.30. The molecule has 1 heterocycles. The summed E-state index contributed by atoms with van der Waals surface area (Å²) in [6.07, 6.45) is 1.85. The molecule has 0 unspecified atom stereocenters. The van der Waals surface area contributed by atoms with Crippen LogP contribution in [0.2, 0.25) is 0 Å². The lowest BCUT2D eigenvalue weighted by Gasteiger charge is -2.08. The third kappa shape index (κ3) is 2.17. The van der Waals surface area contributed by atoms with Gasteiger partial charge in [0.1, 0.15) is 5.75 Å². The van der Waals surface area contributed by atoms with Gasteiger partial charge in [-0.25, -0.2) is 0 Å². The van der Waals surface area contributed by atoms with Gasteiger partial charge in [-0.2, -0.15) is 0 Å². The number of methoxy groups -OCH3 is 1. The molecule has 0 N–H and O–H groups in total. The molecule has 2 aromatic carbocycles. The molecule has 0 aliphatic rings. The van der Waals surface area contributed by atoms with Gasteiger partial charge in [-0.3, -0.25) is 4.98 Å². The number of fused-ring (bicyclic) bond motifs is 1. The van der Waals surface area contributed by atoms with Gasteiger partial charge in [-0.05, 0) is 48.4 Å². The minimum Gasteiger partial charge on any atom is -0.497 e. The van der Waals surface area contributed by atoms with Gasteiger partial charge in [0.05, 0.1) is 12.6 Å². The van der Waals surface area contributed by atoms with Crippen molar-refractivity contribution in [1.82, 2.24) is 4.98 Å². The summed E-state index contributed by atoms with van der Waals surface area (Å²) < 4.78 is 5.30. The van der Waals surface area contributed by atoms with Crippen LogP contribution < -0.4 is 4.74 Å². The molecule has 0 amide bonds. The maximum absolute atomic E-state index is 5.30. The topological polar surface area (TPSA) is 22.1 Å². The lowest BCUT2D eigenvalue weighted by atomic mass is 10.00. The number of pyridine rings is 1. The van der Waals surface area contributed by atoms with Crippen LogP contribution in [0.3, 0.4) is 0 Å². The van der Waals surface area contributed by atoms with Crippen molar-refractivity contribution >= 4 is 10.9 Å². The molecule has 2 heteroatoms. The van der Waals surface area contributed by atoms with Crippen LogP contribution in [-0.2, 0) is 0 Å². The van der Waals surface area contributed by atoms with Crippen molar-refractivity contribution in [2.75, 3.05) is 7.11 Å². The molecular formula is C17H15NO. The first-order chi connectivity index (χ1) is 9.28. The number of hydrogen-bond acceptors (Lipinski definition) is 2. The van der Waals surface area contributed by atoms with Crippen molar-refractivity contribution in [1.29, 1.82) is 0 Å². The summed E-state index contributed by atoms with van der Waals surface area (Å²) in [6.45, 7) is 2.10. The van der Waals surface area contributed by atoms with Crippen molar-refractivity contribution in [3.05, 3.63) is 60.3 Å². The summed E-state index contributed by atoms with van der Waals surface area (Å²) in [4.78, 5) is 4.42. The molecule has 0 aliphatic carbocycles. The summed E-state index contributed by atoms with van der Waals surface area (Å²) in [7, 11) is 1.69. The standard InChI is InChI=1S/C17H15NO/c1-12-6-7-17-16(10-12)15(8-9-18-17)13-4-3-5-14(11-13)19-2/h3-11H,1-2H3. The van der Waals surface area contributed by atoms with Gasteiger partial charge in [0, 0.05) is 11.6 Å². The summed E-state index contributed by atoms with van der Waals surface area (Å²) in [5, 5.41) is 1.18.